The molecule has 2 aliphatic heterocycles. The van der Waals surface area contributed by atoms with E-state index in [-0.39, 0.29) is 11.6 Å². The molecule has 0 aliphatic carbocycles. The molecule has 4 rings (SSSR count). The first-order valence-electron chi connectivity index (χ1n) is 11.0. The van der Waals surface area contributed by atoms with Crippen LogP contribution < -0.4 is 9.64 Å². The van der Waals surface area contributed by atoms with Crippen molar-refractivity contribution >= 4 is 46.0 Å². The minimum absolute atomic E-state index is 0.0619. The highest BCUT2D eigenvalue weighted by Crippen LogP contribution is 2.36. The zero-order chi connectivity index (χ0) is 23.4. The molecule has 2 aliphatic rings. The first kappa shape index (κ1) is 22.8. The predicted octanol–water partition coefficient (Wildman–Crippen LogP) is 5.22. The number of anilines is 1. The number of likely N-dealkylation sites (N-methyl/N-ethyl adjacent to an activating group) is 1. The van der Waals surface area contributed by atoms with Crippen LogP contribution in [0.5, 0.6) is 5.75 Å². The van der Waals surface area contributed by atoms with E-state index in [2.05, 4.69) is 17.0 Å². The van der Waals surface area contributed by atoms with Crippen LogP contribution >= 0.6 is 11.8 Å². The van der Waals surface area contributed by atoms with Gasteiger partial charge in [-0.15, -0.1) is 0 Å². The number of amides is 1. The van der Waals surface area contributed by atoms with Crippen LogP contribution in [0, 0.1) is 10.1 Å². The second kappa shape index (κ2) is 10.1. The molecular formula is C24H26N4O4S. The Morgan fingerprint density at radius 1 is 1.15 bits per heavy atom. The Kier molecular flexibility index (Phi) is 6.98. The normalized spacial score (nSPS) is 18.9. The van der Waals surface area contributed by atoms with Gasteiger partial charge in [-0.2, -0.15) is 0 Å². The highest BCUT2D eigenvalue weighted by molar-refractivity contribution is 8.18. The summed E-state index contributed by atoms with van der Waals surface area (Å²) in [6.45, 7) is 4.53. The minimum atomic E-state index is -0.468. The molecule has 2 saturated heterocycles. The van der Waals surface area contributed by atoms with Crippen LogP contribution in [0.1, 0.15) is 31.7 Å². The lowest BCUT2D eigenvalue weighted by Gasteiger charge is -2.28. The van der Waals surface area contributed by atoms with Crippen molar-refractivity contribution in [2.75, 3.05) is 31.6 Å². The number of non-ortho nitro benzene ring substituents is 1. The Bertz CT molecular complexity index is 1110. The van der Waals surface area contributed by atoms with E-state index in [9.17, 15) is 14.9 Å². The third-order valence-corrected chi connectivity index (χ3v) is 6.72. The highest BCUT2D eigenvalue weighted by atomic mass is 32.2. The van der Waals surface area contributed by atoms with Crippen molar-refractivity contribution in [1.29, 1.82) is 0 Å². The molecule has 8 nitrogen and oxygen atoms in total. The van der Waals surface area contributed by atoms with Crippen molar-refractivity contribution in [3.05, 3.63) is 63.0 Å². The Labute approximate surface area is 197 Å². The number of carbonyl (C=O) groups is 1. The third-order valence-electron chi connectivity index (χ3n) is 5.71. The SMILES string of the molecule is CCN1C(=O)/C(=C/c2cc([N+](=O)[O-])ccc2OC)SC1=Nc1ccc(N2CCCCC2)cc1. The second-order valence-electron chi connectivity index (χ2n) is 7.80. The number of ether oxygens (including phenoxy) is 1. The number of methoxy groups -OCH3 is 1. The van der Waals surface area contributed by atoms with Gasteiger partial charge in [-0.1, -0.05) is 0 Å². The van der Waals surface area contributed by atoms with Gasteiger partial charge >= 0.3 is 0 Å². The zero-order valence-electron chi connectivity index (χ0n) is 18.7. The number of carbonyl (C=O) groups excluding carboxylic acids is 1. The van der Waals surface area contributed by atoms with E-state index in [1.165, 1.54) is 62.0 Å². The van der Waals surface area contributed by atoms with E-state index in [0.29, 0.717) is 27.9 Å². The van der Waals surface area contributed by atoms with Crippen molar-refractivity contribution in [1.82, 2.24) is 4.90 Å². The topological polar surface area (TPSA) is 88.3 Å². The number of amidine groups is 1. The minimum Gasteiger partial charge on any atom is -0.496 e. The molecule has 0 atom stereocenters. The number of piperidine rings is 1. The number of nitro benzene ring substituents is 1. The largest absolute Gasteiger partial charge is 0.496 e. The van der Waals surface area contributed by atoms with E-state index in [4.69, 9.17) is 9.73 Å². The van der Waals surface area contributed by atoms with Crippen molar-refractivity contribution < 1.29 is 14.5 Å². The molecule has 0 spiro atoms. The van der Waals surface area contributed by atoms with E-state index >= 15 is 0 Å². The van der Waals surface area contributed by atoms with E-state index in [1.54, 1.807) is 11.0 Å². The van der Waals surface area contributed by atoms with Gasteiger partial charge in [0.05, 0.1) is 22.6 Å². The van der Waals surface area contributed by atoms with Crippen LogP contribution in [-0.4, -0.2) is 47.6 Å². The highest BCUT2D eigenvalue weighted by Gasteiger charge is 2.32. The van der Waals surface area contributed by atoms with E-state index in [1.807, 2.05) is 19.1 Å². The summed E-state index contributed by atoms with van der Waals surface area (Å²) >= 11 is 1.26. The Morgan fingerprint density at radius 3 is 2.52 bits per heavy atom. The van der Waals surface area contributed by atoms with Crippen LogP contribution in [-0.2, 0) is 4.79 Å². The molecule has 172 valence electrons. The van der Waals surface area contributed by atoms with Crippen molar-refractivity contribution in [3.8, 4) is 5.75 Å². The number of benzene rings is 2. The number of hydrogen-bond donors (Lipinski definition) is 0. The van der Waals surface area contributed by atoms with Gasteiger partial charge in [0.2, 0.25) is 0 Å². The maximum absolute atomic E-state index is 13.0. The summed E-state index contributed by atoms with van der Waals surface area (Å²) < 4.78 is 5.33. The summed E-state index contributed by atoms with van der Waals surface area (Å²) in [6, 6.07) is 12.4. The maximum Gasteiger partial charge on any atom is 0.270 e. The molecule has 2 aromatic carbocycles. The first-order valence-corrected chi connectivity index (χ1v) is 11.8. The Balaban J connectivity index is 1.60. The first-order chi connectivity index (χ1) is 16.0. The van der Waals surface area contributed by atoms with E-state index in [0.717, 1.165) is 18.8 Å². The summed E-state index contributed by atoms with van der Waals surface area (Å²) in [5.41, 5.74) is 2.39. The molecule has 2 fully saturated rings. The molecule has 0 saturated carbocycles. The summed E-state index contributed by atoms with van der Waals surface area (Å²) in [5, 5.41) is 11.8. The third kappa shape index (κ3) is 5.03. The van der Waals surface area contributed by atoms with Gasteiger partial charge in [0.15, 0.2) is 5.17 Å². The number of nitro groups is 1. The molecule has 2 aromatic rings. The lowest BCUT2D eigenvalue weighted by molar-refractivity contribution is -0.384. The predicted molar refractivity (Wildman–Crippen MR) is 132 cm³/mol. The number of aliphatic imine (C=N–C) groups is 1. The van der Waals surface area contributed by atoms with Crippen LogP contribution in [0.2, 0.25) is 0 Å². The fourth-order valence-electron chi connectivity index (χ4n) is 3.96. The number of rotatable bonds is 6. The van der Waals surface area contributed by atoms with Gasteiger partial charge in [-0.25, -0.2) is 4.99 Å². The van der Waals surface area contributed by atoms with Crippen molar-refractivity contribution in [3.63, 3.8) is 0 Å². The Hall–Kier alpha value is -3.33. The summed E-state index contributed by atoms with van der Waals surface area (Å²) in [6.07, 6.45) is 5.36. The lowest BCUT2D eigenvalue weighted by Crippen LogP contribution is -2.29. The van der Waals surface area contributed by atoms with Gasteiger partial charge in [-0.05, 0) is 74.4 Å². The standard InChI is InChI=1S/C24H26N4O4S/c1-3-27-23(29)22(16-17-15-20(28(30)31)11-12-21(17)32-2)33-24(27)25-18-7-9-19(10-8-18)26-13-5-4-6-14-26/h7-12,15-16H,3-6,13-14H2,1-2H3/b22-16-,25-24?. The Morgan fingerprint density at radius 2 is 1.88 bits per heavy atom. The molecule has 0 unspecified atom stereocenters. The van der Waals surface area contributed by atoms with Crippen molar-refractivity contribution in [2.24, 2.45) is 4.99 Å². The van der Waals surface area contributed by atoms with Gasteiger partial charge < -0.3 is 9.64 Å². The van der Waals surface area contributed by atoms with Crippen LogP contribution in [0.4, 0.5) is 17.1 Å². The molecule has 33 heavy (non-hydrogen) atoms. The lowest BCUT2D eigenvalue weighted by atomic mass is 10.1. The average molecular weight is 467 g/mol. The van der Waals surface area contributed by atoms with Gasteiger partial charge in [0.1, 0.15) is 5.75 Å². The summed E-state index contributed by atoms with van der Waals surface area (Å²) in [7, 11) is 1.49. The fraction of sp³-hybridized carbons (Fsp3) is 0.333. The fourth-order valence-corrected chi connectivity index (χ4v) is 5.01. The van der Waals surface area contributed by atoms with Gasteiger partial charge in [-0.3, -0.25) is 19.8 Å². The van der Waals surface area contributed by atoms with Crippen LogP contribution in [0.3, 0.4) is 0 Å². The number of thioether (sulfide) groups is 1. The second-order valence-corrected chi connectivity index (χ2v) is 8.81. The van der Waals surface area contributed by atoms with Crippen LogP contribution in [0.15, 0.2) is 52.4 Å². The summed E-state index contributed by atoms with van der Waals surface area (Å²) in [4.78, 5) is 32.9. The average Bonchev–Trinajstić information content (AvgIpc) is 3.13. The molecule has 0 aromatic heterocycles. The zero-order valence-corrected chi connectivity index (χ0v) is 19.5. The molecule has 0 radical (unpaired) electrons. The van der Waals surface area contributed by atoms with Crippen molar-refractivity contribution in [2.45, 2.75) is 26.2 Å². The number of nitrogens with zero attached hydrogens (tertiary/aromatic N) is 4. The van der Waals surface area contributed by atoms with Crippen LogP contribution in [0.25, 0.3) is 6.08 Å². The monoisotopic (exact) mass is 466 g/mol. The summed E-state index contributed by atoms with van der Waals surface area (Å²) in [5.74, 6) is 0.281. The van der Waals surface area contributed by atoms with Gasteiger partial charge in [0.25, 0.3) is 11.6 Å². The molecule has 2 heterocycles. The maximum atomic E-state index is 13.0. The van der Waals surface area contributed by atoms with E-state index < -0.39 is 4.92 Å². The molecule has 0 bridgehead atoms. The molecule has 9 heteroatoms. The smallest absolute Gasteiger partial charge is 0.270 e. The number of hydrogen-bond acceptors (Lipinski definition) is 7. The quantitative estimate of drug-likeness (QED) is 0.330. The molecule has 0 N–H and O–H groups in total. The molecular weight excluding hydrogens is 440 g/mol. The molecule has 1 amide bonds. The van der Waals surface area contributed by atoms with Gasteiger partial charge in [0, 0.05) is 43.0 Å².